The summed E-state index contributed by atoms with van der Waals surface area (Å²) in [5, 5.41) is 9.32. The first-order valence-electron chi connectivity index (χ1n) is 6.61. The number of para-hydroxylation sites is 1. The number of carboxylic acid groups (broad SMARTS) is 1. The van der Waals surface area contributed by atoms with Crippen LogP contribution in [0.15, 0.2) is 60.7 Å². The van der Waals surface area contributed by atoms with Crippen LogP contribution in [0.25, 0.3) is 0 Å². The van der Waals surface area contributed by atoms with E-state index in [1.807, 2.05) is 0 Å². The zero-order chi connectivity index (χ0) is 15.7. The zero-order valence-electron chi connectivity index (χ0n) is 11.4. The van der Waals surface area contributed by atoms with Crippen molar-refractivity contribution < 1.29 is 19.5 Å². The molecule has 110 valence electrons. The van der Waals surface area contributed by atoms with E-state index in [9.17, 15) is 19.5 Å². The lowest BCUT2D eigenvalue weighted by Gasteiger charge is -2.16. The average molecular weight is 296 g/mol. The van der Waals surface area contributed by atoms with Crippen molar-refractivity contribution in [3.05, 3.63) is 66.2 Å². The van der Waals surface area contributed by atoms with Gasteiger partial charge < -0.3 is 5.11 Å². The predicted octanol–water partition coefficient (Wildman–Crippen LogP) is 2.87. The third-order valence-electron chi connectivity index (χ3n) is 3.45. The Morgan fingerprint density at radius 1 is 0.909 bits per heavy atom. The number of imide groups is 2. The average Bonchev–Trinajstić information content (AvgIpc) is 2.80. The maximum Gasteiger partial charge on any atom is 0.416 e. The quantitative estimate of drug-likeness (QED) is 0.864. The smallest absolute Gasteiger partial charge is 0.416 e. The second kappa shape index (κ2) is 5.33. The predicted molar refractivity (Wildman–Crippen MR) is 78.4 cm³/mol. The number of hydrogen-bond acceptors (Lipinski definition) is 3. The van der Waals surface area contributed by atoms with Crippen LogP contribution in [-0.4, -0.2) is 28.0 Å². The van der Waals surface area contributed by atoms with Crippen LogP contribution in [0, 0.1) is 0 Å². The molecule has 0 aromatic heterocycles. The molecule has 0 spiro atoms. The number of hydrogen-bond donors (Lipinski definition) is 1. The molecule has 2 aromatic carbocycles. The van der Waals surface area contributed by atoms with E-state index in [4.69, 9.17) is 0 Å². The van der Waals surface area contributed by atoms with Gasteiger partial charge in [0.1, 0.15) is 6.04 Å². The SMILES string of the molecule is O=C1C(c2ccccc2)N(C(=O)O)C(=O)N1c1ccccc1. The van der Waals surface area contributed by atoms with Crippen LogP contribution in [-0.2, 0) is 4.79 Å². The molecule has 1 unspecified atom stereocenters. The summed E-state index contributed by atoms with van der Waals surface area (Å²) in [6.45, 7) is 0. The van der Waals surface area contributed by atoms with Crippen molar-refractivity contribution in [1.29, 1.82) is 0 Å². The maximum absolute atomic E-state index is 12.6. The van der Waals surface area contributed by atoms with E-state index < -0.39 is 24.1 Å². The van der Waals surface area contributed by atoms with E-state index in [1.54, 1.807) is 60.7 Å². The number of carbonyl (C=O) groups excluding carboxylic acids is 2. The number of rotatable bonds is 2. The number of benzene rings is 2. The highest BCUT2D eigenvalue weighted by Crippen LogP contribution is 2.34. The van der Waals surface area contributed by atoms with Crippen LogP contribution in [0.1, 0.15) is 11.6 Å². The van der Waals surface area contributed by atoms with Gasteiger partial charge in [-0.1, -0.05) is 48.5 Å². The van der Waals surface area contributed by atoms with Crippen molar-refractivity contribution in [2.45, 2.75) is 6.04 Å². The summed E-state index contributed by atoms with van der Waals surface area (Å²) in [6, 6.07) is 14.6. The number of amides is 4. The molecule has 1 aliphatic heterocycles. The van der Waals surface area contributed by atoms with Crippen molar-refractivity contribution in [2.75, 3.05) is 4.90 Å². The Balaban J connectivity index is 2.09. The molecule has 1 heterocycles. The number of anilines is 1. The second-order valence-corrected chi connectivity index (χ2v) is 4.76. The van der Waals surface area contributed by atoms with Crippen molar-refractivity contribution >= 4 is 23.7 Å². The van der Waals surface area contributed by atoms with Crippen molar-refractivity contribution in [2.24, 2.45) is 0 Å². The van der Waals surface area contributed by atoms with Crippen molar-refractivity contribution in [1.82, 2.24) is 4.90 Å². The molecule has 2 aromatic rings. The minimum absolute atomic E-state index is 0.349. The Bertz CT molecular complexity index is 730. The highest BCUT2D eigenvalue weighted by Gasteiger charge is 2.50. The molecule has 0 saturated carbocycles. The first kappa shape index (κ1) is 13.8. The Kier molecular flexibility index (Phi) is 3.34. The highest BCUT2D eigenvalue weighted by atomic mass is 16.4. The summed E-state index contributed by atoms with van der Waals surface area (Å²) in [5.41, 5.74) is 0.809. The molecule has 3 rings (SSSR count). The van der Waals surface area contributed by atoms with E-state index in [-0.39, 0.29) is 0 Å². The van der Waals surface area contributed by atoms with E-state index >= 15 is 0 Å². The monoisotopic (exact) mass is 296 g/mol. The molecule has 1 fully saturated rings. The molecule has 1 saturated heterocycles. The lowest BCUT2D eigenvalue weighted by molar-refractivity contribution is -0.119. The number of urea groups is 1. The van der Waals surface area contributed by atoms with Crippen LogP contribution in [0.4, 0.5) is 15.3 Å². The number of nitrogens with zero attached hydrogens (tertiary/aromatic N) is 2. The first-order valence-corrected chi connectivity index (χ1v) is 6.61. The summed E-state index contributed by atoms with van der Waals surface area (Å²) in [7, 11) is 0. The summed E-state index contributed by atoms with van der Waals surface area (Å²) in [5.74, 6) is -0.579. The largest absolute Gasteiger partial charge is 0.465 e. The summed E-state index contributed by atoms with van der Waals surface area (Å²) in [6.07, 6.45) is -1.45. The van der Waals surface area contributed by atoms with E-state index in [2.05, 4.69) is 0 Å². The van der Waals surface area contributed by atoms with Crippen molar-refractivity contribution in [3.8, 4) is 0 Å². The Labute approximate surface area is 126 Å². The van der Waals surface area contributed by atoms with Gasteiger partial charge in [0.25, 0.3) is 5.91 Å². The Morgan fingerprint density at radius 3 is 2.00 bits per heavy atom. The summed E-state index contributed by atoms with van der Waals surface area (Å²) >= 11 is 0. The molecule has 6 nitrogen and oxygen atoms in total. The van der Waals surface area contributed by atoms with E-state index in [1.165, 1.54) is 0 Å². The van der Waals surface area contributed by atoms with Gasteiger partial charge in [0, 0.05) is 0 Å². The van der Waals surface area contributed by atoms with Gasteiger partial charge in [0.2, 0.25) is 0 Å². The third-order valence-corrected chi connectivity index (χ3v) is 3.45. The van der Waals surface area contributed by atoms with Crippen LogP contribution in [0.5, 0.6) is 0 Å². The fourth-order valence-electron chi connectivity index (χ4n) is 2.48. The second-order valence-electron chi connectivity index (χ2n) is 4.76. The summed E-state index contributed by atoms with van der Waals surface area (Å²) in [4.78, 5) is 37.9. The molecule has 0 radical (unpaired) electrons. The first-order chi connectivity index (χ1) is 10.6. The molecular weight excluding hydrogens is 284 g/mol. The molecule has 1 aliphatic rings. The highest BCUT2D eigenvalue weighted by molar-refractivity contribution is 6.24. The molecule has 22 heavy (non-hydrogen) atoms. The minimum atomic E-state index is -1.45. The van der Waals surface area contributed by atoms with Gasteiger partial charge in [-0.15, -0.1) is 0 Å². The number of carbonyl (C=O) groups is 3. The molecule has 1 N–H and O–H groups in total. The Hall–Kier alpha value is -3.15. The van der Waals surface area contributed by atoms with E-state index in [0.717, 1.165) is 4.90 Å². The van der Waals surface area contributed by atoms with Gasteiger partial charge in [-0.05, 0) is 17.7 Å². The normalized spacial score (nSPS) is 17.9. The van der Waals surface area contributed by atoms with Gasteiger partial charge in [0.15, 0.2) is 0 Å². The van der Waals surface area contributed by atoms with Crippen LogP contribution >= 0.6 is 0 Å². The van der Waals surface area contributed by atoms with Crippen LogP contribution < -0.4 is 4.90 Å². The van der Waals surface area contributed by atoms with Gasteiger partial charge in [0.05, 0.1) is 5.69 Å². The lowest BCUT2D eigenvalue weighted by Crippen LogP contribution is -2.36. The summed E-state index contributed by atoms with van der Waals surface area (Å²) < 4.78 is 0. The minimum Gasteiger partial charge on any atom is -0.465 e. The topological polar surface area (TPSA) is 77.9 Å². The van der Waals surface area contributed by atoms with Crippen molar-refractivity contribution in [3.63, 3.8) is 0 Å². The molecule has 1 atom stereocenters. The molecule has 6 heteroatoms. The molecule has 0 bridgehead atoms. The molecular formula is C16H12N2O4. The Morgan fingerprint density at radius 2 is 1.45 bits per heavy atom. The van der Waals surface area contributed by atoms with Gasteiger partial charge in [-0.25, -0.2) is 19.4 Å². The zero-order valence-corrected chi connectivity index (χ0v) is 11.4. The fraction of sp³-hybridized carbons (Fsp3) is 0.0625. The molecule has 0 aliphatic carbocycles. The van der Waals surface area contributed by atoms with E-state index in [0.29, 0.717) is 16.2 Å². The van der Waals surface area contributed by atoms with Crippen LogP contribution in [0.2, 0.25) is 0 Å². The lowest BCUT2D eigenvalue weighted by atomic mass is 10.1. The fourth-order valence-corrected chi connectivity index (χ4v) is 2.48. The van der Waals surface area contributed by atoms with Gasteiger partial charge >= 0.3 is 12.1 Å². The maximum atomic E-state index is 12.6. The third kappa shape index (κ3) is 2.10. The van der Waals surface area contributed by atoms with Crippen LogP contribution in [0.3, 0.4) is 0 Å². The molecule has 4 amide bonds. The van der Waals surface area contributed by atoms with Gasteiger partial charge in [-0.2, -0.15) is 0 Å². The standard InChI is InChI=1S/C16H12N2O4/c19-14-13(11-7-3-1-4-8-11)18(16(21)22)15(20)17(14)12-9-5-2-6-10-12/h1-10,13H,(H,21,22). The van der Waals surface area contributed by atoms with Gasteiger partial charge in [-0.3, -0.25) is 4.79 Å².